The zero-order valence-corrected chi connectivity index (χ0v) is 11.9. The minimum Gasteiger partial charge on any atom is -0.383 e. The van der Waals surface area contributed by atoms with E-state index in [0.29, 0.717) is 12.1 Å². The molecule has 1 saturated heterocycles. The van der Waals surface area contributed by atoms with Crippen molar-refractivity contribution in [2.75, 3.05) is 26.8 Å². The average molecular weight is 252 g/mol. The molecule has 2 rings (SSSR count). The summed E-state index contributed by atoms with van der Waals surface area (Å²) in [5.74, 6) is 1.90. The van der Waals surface area contributed by atoms with Gasteiger partial charge in [-0.15, -0.1) is 0 Å². The highest BCUT2D eigenvalue weighted by Gasteiger charge is 2.26. The summed E-state index contributed by atoms with van der Waals surface area (Å²) in [4.78, 5) is 6.90. The number of likely N-dealkylation sites (tertiary alicyclic amines) is 1. The largest absolute Gasteiger partial charge is 0.383 e. The molecule has 1 aliphatic heterocycles. The quantitative estimate of drug-likeness (QED) is 0.816. The van der Waals surface area contributed by atoms with E-state index in [9.17, 15) is 0 Å². The van der Waals surface area contributed by atoms with E-state index in [4.69, 9.17) is 4.74 Å². The van der Waals surface area contributed by atoms with Gasteiger partial charge in [0.25, 0.3) is 0 Å². The number of piperidine rings is 1. The van der Waals surface area contributed by atoms with Gasteiger partial charge in [-0.25, -0.2) is 9.67 Å². The molecule has 1 fully saturated rings. The summed E-state index contributed by atoms with van der Waals surface area (Å²) in [6, 6.07) is 0.932. The van der Waals surface area contributed by atoms with Gasteiger partial charge in [0.05, 0.1) is 12.6 Å². The summed E-state index contributed by atoms with van der Waals surface area (Å²) in [5, 5.41) is 4.52. The summed E-state index contributed by atoms with van der Waals surface area (Å²) in [7, 11) is 1.77. The number of rotatable bonds is 4. The number of methoxy groups -OCH3 is 1. The molecule has 1 aromatic heterocycles. The smallest absolute Gasteiger partial charge is 0.147 e. The molecule has 5 heteroatoms. The molecule has 0 bridgehead atoms. The third-order valence-electron chi connectivity index (χ3n) is 3.71. The second-order valence-electron chi connectivity index (χ2n) is 5.25. The Labute approximate surface area is 109 Å². The van der Waals surface area contributed by atoms with Gasteiger partial charge in [-0.2, -0.15) is 5.10 Å². The fourth-order valence-corrected chi connectivity index (χ4v) is 2.81. The van der Waals surface area contributed by atoms with Crippen LogP contribution >= 0.6 is 0 Å². The molecule has 1 aliphatic rings. The molecule has 0 radical (unpaired) electrons. The summed E-state index contributed by atoms with van der Waals surface area (Å²) in [6.07, 6.45) is 2.41. The van der Waals surface area contributed by atoms with Gasteiger partial charge < -0.3 is 4.74 Å². The normalized spacial score (nSPS) is 23.2. The lowest BCUT2D eigenvalue weighted by Gasteiger charge is -2.36. The lowest BCUT2D eigenvalue weighted by atomic mass is 10.0. The van der Waals surface area contributed by atoms with Gasteiger partial charge >= 0.3 is 0 Å². The van der Waals surface area contributed by atoms with Crippen LogP contribution in [0.3, 0.4) is 0 Å². The first kappa shape index (κ1) is 13.5. The molecule has 0 N–H and O–H groups in total. The van der Waals surface area contributed by atoms with Crippen molar-refractivity contribution < 1.29 is 4.74 Å². The van der Waals surface area contributed by atoms with Crippen LogP contribution in [0.1, 0.15) is 37.5 Å². The van der Waals surface area contributed by atoms with Crippen LogP contribution in [-0.2, 0) is 4.74 Å². The predicted molar refractivity (Wildman–Crippen MR) is 70.7 cm³/mol. The number of ether oxygens (including phenoxy) is 1. The number of hydrogen-bond acceptors (Lipinski definition) is 4. The van der Waals surface area contributed by atoms with Crippen molar-refractivity contribution in [3.05, 3.63) is 11.6 Å². The molecule has 5 nitrogen and oxygen atoms in total. The van der Waals surface area contributed by atoms with Crippen molar-refractivity contribution in [1.82, 2.24) is 19.7 Å². The van der Waals surface area contributed by atoms with Crippen LogP contribution in [-0.4, -0.2) is 52.5 Å². The molecule has 18 heavy (non-hydrogen) atoms. The highest BCUT2D eigenvalue weighted by Crippen LogP contribution is 2.23. The van der Waals surface area contributed by atoms with E-state index in [1.54, 1.807) is 7.11 Å². The fourth-order valence-electron chi connectivity index (χ4n) is 2.81. The first-order valence-corrected chi connectivity index (χ1v) is 6.74. The summed E-state index contributed by atoms with van der Waals surface area (Å²) in [6.45, 7) is 9.23. The molecular formula is C13H24N4O. The Morgan fingerprint density at radius 2 is 2.22 bits per heavy atom. The maximum absolute atomic E-state index is 5.25. The van der Waals surface area contributed by atoms with Crippen molar-refractivity contribution >= 4 is 0 Å². The van der Waals surface area contributed by atoms with Crippen LogP contribution < -0.4 is 0 Å². The van der Waals surface area contributed by atoms with Crippen molar-refractivity contribution in [2.24, 2.45) is 0 Å². The van der Waals surface area contributed by atoms with E-state index in [1.165, 1.54) is 12.8 Å². The maximum atomic E-state index is 5.25. The van der Waals surface area contributed by atoms with Gasteiger partial charge in [0, 0.05) is 19.7 Å². The molecule has 0 spiro atoms. The van der Waals surface area contributed by atoms with E-state index < -0.39 is 0 Å². The van der Waals surface area contributed by atoms with Crippen molar-refractivity contribution in [3.8, 4) is 0 Å². The standard InChI is InChI=1S/C13H24N4O/c1-10(9-18-4)16-7-5-6-13(8-16)17-12(3)14-11(2)15-17/h10,13H,5-9H2,1-4H3. The van der Waals surface area contributed by atoms with Crippen LogP contribution in [0.5, 0.6) is 0 Å². The van der Waals surface area contributed by atoms with Gasteiger partial charge in [0.15, 0.2) is 0 Å². The van der Waals surface area contributed by atoms with E-state index in [-0.39, 0.29) is 0 Å². The first-order valence-electron chi connectivity index (χ1n) is 6.74. The predicted octanol–water partition coefficient (Wildman–Crippen LogP) is 1.57. The average Bonchev–Trinajstić information content (AvgIpc) is 2.69. The Morgan fingerprint density at radius 1 is 1.44 bits per heavy atom. The Bertz CT molecular complexity index is 390. The summed E-state index contributed by atoms with van der Waals surface area (Å²) >= 11 is 0. The molecule has 2 heterocycles. The molecule has 0 saturated carbocycles. The second kappa shape index (κ2) is 5.80. The third kappa shape index (κ3) is 2.90. The zero-order valence-electron chi connectivity index (χ0n) is 11.9. The van der Waals surface area contributed by atoms with Crippen LogP contribution in [0.4, 0.5) is 0 Å². The van der Waals surface area contributed by atoms with Gasteiger partial charge in [0.1, 0.15) is 11.6 Å². The Morgan fingerprint density at radius 3 is 2.83 bits per heavy atom. The number of hydrogen-bond donors (Lipinski definition) is 0. The topological polar surface area (TPSA) is 43.2 Å². The Hall–Kier alpha value is -0.940. The lowest BCUT2D eigenvalue weighted by Crippen LogP contribution is -2.44. The summed E-state index contributed by atoms with van der Waals surface area (Å²) < 4.78 is 7.35. The van der Waals surface area contributed by atoms with Crippen molar-refractivity contribution in [3.63, 3.8) is 0 Å². The number of aryl methyl sites for hydroxylation is 2. The fraction of sp³-hybridized carbons (Fsp3) is 0.846. The van der Waals surface area contributed by atoms with E-state index in [0.717, 1.165) is 31.3 Å². The van der Waals surface area contributed by atoms with Crippen molar-refractivity contribution in [1.29, 1.82) is 0 Å². The molecule has 2 atom stereocenters. The highest BCUT2D eigenvalue weighted by atomic mass is 16.5. The molecule has 2 unspecified atom stereocenters. The highest BCUT2D eigenvalue weighted by molar-refractivity contribution is 4.92. The minimum atomic E-state index is 0.458. The van der Waals surface area contributed by atoms with E-state index >= 15 is 0 Å². The zero-order chi connectivity index (χ0) is 13.1. The van der Waals surface area contributed by atoms with Crippen molar-refractivity contribution in [2.45, 2.75) is 45.7 Å². The van der Waals surface area contributed by atoms with Crippen LogP contribution in [0.15, 0.2) is 0 Å². The molecular weight excluding hydrogens is 228 g/mol. The molecule has 1 aromatic rings. The van der Waals surface area contributed by atoms with Gasteiger partial charge in [-0.05, 0) is 40.2 Å². The Kier molecular flexibility index (Phi) is 4.35. The minimum absolute atomic E-state index is 0.458. The van der Waals surface area contributed by atoms with Gasteiger partial charge in [-0.1, -0.05) is 0 Å². The van der Waals surface area contributed by atoms with Gasteiger partial charge in [-0.3, -0.25) is 4.90 Å². The van der Waals surface area contributed by atoms with E-state index in [1.807, 2.05) is 13.8 Å². The molecule has 102 valence electrons. The lowest BCUT2D eigenvalue weighted by molar-refractivity contribution is 0.0674. The second-order valence-corrected chi connectivity index (χ2v) is 5.25. The summed E-state index contributed by atoms with van der Waals surface area (Å²) in [5.41, 5.74) is 0. The van der Waals surface area contributed by atoms with Crippen LogP contribution in [0, 0.1) is 13.8 Å². The number of aromatic nitrogens is 3. The SMILES string of the molecule is COCC(C)N1CCCC(n2nc(C)nc2C)C1. The van der Waals surface area contributed by atoms with E-state index in [2.05, 4.69) is 26.6 Å². The van der Waals surface area contributed by atoms with Crippen LogP contribution in [0.2, 0.25) is 0 Å². The first-order chi connectivity index (χ1) is 8.61. The Balaban J connectivity index is 2.04. The molecule has 0 aromatic carbocycles. The van der Waals surface area contributed by atoms with Gasteiger partial charge in [0.2, 0.25) is 0 Å². The molecule has 0 aliphatic carbocycles. The third-order valence-corrected chi connectivity index (χ3v) is 3.71. The monoisotopic (exact) mass is 252 g/mol. The van der Waals surface area contributed by atoms with Crippen LogP contribution in [0.25, 0.3) is 0 Å². The molecule has 0 amide bonds. The number of nitrogens with zero attached hydrogens (tertiary/aromatic N) is 4. The maximum Gasteiger partial charge on any atom is 0.147 e.